The average Bonchev–Trinajstić information content (AvgIpc) is 2.38. The first kappa shape index (κ1) is 13.1. The third-order valence-corrected chi connectivity index (χ3v) is 3.83. The van der Waals surface area contributed by atoms with Crippen molar-refractivity contribution in [2.75, 3.05) is 18.0 Å². The van der Waals surface area contributed by atoms with Crippen molar-refractivity contribution in [2.24, 2.45) is 5.92 Å². The molecule has 0 aliphatic carbocycles. The van der Waals surface area contributed by atoms with Crippen LogP contribution in [0.1, 0.15) is 39.2 Å². The van der Waals surface area contributed by atoms with Crippen LogP contribution in [-0.2, 0) is 10.2 Å². The summed E-state index contributed by atoms with van der Waals surface area (Å²) in [6.45, 7) is 8.70. The molecule has 2 heteroatoms. The van der Waals surface area contributed by atoms with E-state index in [1.54, 1.807) is 0 Å². The minimum atomic E-state index is 0.211. The van der Waals surface area contributed by atoms with E-state index >= 15 is 0 Å². The lowest BCUT2D eigenvalue weighted by Gasteiger charge is -2.32. The molecule has 0 amide bonds. The molecule has 1 aromatic rings. The Morgan fingerprint density at radius 3 is 2.11 bits per heavy atom. The van der Waals surface area contributed by atoms with Crippen LogP contribution >= 0.6 is 0 Å². The number of carbonyl (C=O) groups excluding carboxylic acids is 1. The van der Waals surface area contributed by atoms with Gasteiger partial charge in [-0.05, 0) is 36.0 Å². The van der Waals surface area contributed by atoms with E-state index in [1.165, 1.54) is 11.3 Å². The molecule has 2 rings (SSSR count). The van der Waals surface area contributed by atoms with Gasteiger partial charge in [0.15, 0.2) is 0 Å². The Kier molecular flexibility index (Phi) is 3.74. The smallest absolute Gasteiger partial charge is 0.123 e. The highest BCUT2D eigenvalue weighted by Gasteiger charge is 2.19. The van der Waals surface area contributed by atoms with Gasteiger partial charge in [0.2, 0.25) is 0 Å². The maximum Gasteiger partial charge on any atom is 0.123 e. The fourth-order valence-electron chi connectivity index (χ4n) is 2.47. The number of piperidine rings is 1. The summed E-state index contributed by atoms with van der Waals surface area (Å²) >= 11 is 0. The van der Waals surface area contributed by atoms with E-state index < -0.39 is 0 Å². The van der Waals surface area contributed by atoms with Crippen LogP contribution in [0.5, 0.6) is 0 Å². The molecule has 98 valence electrons. The van der Waals surface area contributed by atoms with Gasteiger partial charge < -0.3 is 9.69 Å². The van der Waals surface area contributed by atoms with Gasteiger partial charge in [0.05, 0.1) is 0 Å². The van der Waals surface area contributed by atoms with Gasteiger partial charge in [0.25, 0.3) is 0 Å². The zero-order valence-electron chi connectivity index (χ0n) is 11.6. The van der Waals surface area contributed by atoms with Crippen molar-refractivity contribution in [1.82, 2.24) is 0 Å². The normalized spacial score (nSPS) is 17.8. The first-order valence-electron chi connectivity index (χ1n) is 6.81. The van der Waals surface area contributed by atoms with E-state index in [1.807, 2.05) is 0 Å². The van der Waals surface area contributed by atoms with Crippen LogP contribution < -0.4 is 4.90 Å². The molecule has 1 heterocycles. The highest BCUT2D eigenvalue weighted by molar-refractivity contribution is 5.55. The van der Waals surface area contributed by atoms with Gasteiger partial charge in [0.1, 0.15) is 6.29 Å². The predicted octanol–water partition coefficient (Wildman–Crippen LogP) is 3.40. The number of rotatable bonds is 2. The number of benzene rings is 1. The van der Waals surface area contributed by atoms with Crippen molar-refractivity contribution in [3.63, 3.8) is 0 Å². The van der Waals surface area contributed by atoms with Crippen molar-refractivity contribution in [3.8, 4) is 0 Å². The molecule has 1 fully saturated rings. The zero-order chi connectivity index (χ0) is 13.2. The molecule has 0 bridgehead atoms. The second kappa shape index (κ2) is 5.13. The van der Waals surface area contributed by atoms with Gasteiger partial charge in [-0.1, -0.05) is 32.9 Å². The van der Waals surface area contributed by atoms with Crippen molar-refractivity contribution >= 4 is 12.0 Å². The molecule has 0 saturated carbocycles. The van der Waals surface area contributed by atoms with Crippen LogP contribution in [0.3, 0.4) is 0 Å². The highest BCUT2D eigenvalue weighted by Crippen LogP contribution is 2.27. The van der Waals surface area contributed by atoms with E-state index in [9.17, 15) is 4.79 Å². The Hall–Kier alpha value is -1.31. The summed E-state index contributed by atoms with van der Waals surface area (Å²) in [5.41, 5.74) is 2.87. The zero-order valence-corrected chi connectivity index (χ0v) is 11.6. The fourth-order valence-corrected chi connectivity index (χ4v) is 2.47. The van der Waals surface area contributed by atoms with Gasteiger partial charge in [-0.3, -0.25) is 0 Å². The number of aldehydes is 1. The summed E-state index contributed by atoms with van der Waals surface area (Å²) < 4.78 is 0. The molecule has 1 aromatic carbocycles. The third kappa shape index (κ3) is 2.92. The standard InChI is InChI=1S/C16H23NO/c1-16(2,3)14-4-6-15(7-5-14)17-10-8-13(12-18)9-11-17/h4-7,12-13H,8-11H2,1-3H3. The number of anilines is 1. The van der Waals surface area contributed by atoms with Gasteiger partial charge in [0, 0.05) is 24.7 Å². The summed E-state index contributed by atoms with van der Waals surface area (Å²) in [5, 5.41) is 0. The first-order valence-corrected chi connectivity index (χ1v) is 6.81. The number of carbonyl (C=O) groups is 1. The molecule has 1 aliphatic rings. The molecule has 1 aliphatic heterocycles. The summed E-state index contributed by atoms with van der Waals surface area (Å²) in [6.07, 6.45) is 3.09. The van der Waals surface area contributed by atoms with Gasteiger partial charge in [-0.2, -0.15) is 0 Å². The van der Waals surface area contributed by atoms with Gasteiger partial charge >= 0.3 is 0 Å². The quantitative estimate of drug-likeness (QED) is 0.744. The van der Waals surface area contributed by atoms with Crippen molar-refractivity contribution in [3.05, 3.63) is 29.8 Å². The summed E-state index contributed by atoms with van der Waals surface area (Å²) in [4.78, 5) is 13.1. The highest BCUT2D eigenvalue weighted by atomic mass is 16.1. The second-order valence-electron chi connectivity index (χ2n) is 6.26. The van der Waals surface area contributed by atoms with Crippen LogP contribution in [-0.4, -0.2) is 19.4 Å². The maximum atomic E-state index is 10.7. The van der Waals surface area contributed by atoms with Crippen LogP contribution in [0.4, 0.5) is 5.69 Å². The Labute approximate surface area is 110 Å². The Bertz CT molecular complexity index is 394. The van der Waals surface area contributed by atoms with Gasteiger partial charge in [-0.15, -0.1) is 0 Å². The van der Waals surface area contributed by atoms with Crippen molar-refractivity contribution in [2.45, 2.75) is 39.0 Å². The minimum Gasteiger partial charge on any atom is -0.371 e. The summed E-state index contributed by atoms with van der Waals surface area (Å²) in [6, 6.07) is 8.87. The monoisotopic (exact) mass is 245 g/mol. The molecule has 0 radical (unpaired) electrons. The number of hydrogen-bond donors (Lipinski definition) is 0. The lowest BCUT2D eigenvalue weighted by Crippen LogP contribution is -2.34. The second-order valence-corrected chi connectivity index (χ2v) is 6.26. The lowest BCUT2D eigenvalue weighted by molar-refractivity contribution is -0.111. The number of nitrogens with zero attached hydrogens (tertiary/aromatic N) is 1. The molecule has 2 nitrogen and oxygen atoms in total. The molecule has 1 saturated heterocycles. The average molecular weight is 245 g/mol. The lowest BCUT2D eigenvalue weighted by atomic mass is 9.87. The van der Waals surface area contributed by atoms with Crippen LogP contribution in [0.2, 0.25) is 0 Å². The molecule has 0 atom stereocenters. The van der Waals surface area contributed by atoms with E-state index in [4.69, 9.17) is 0 Å². The molecule has 0 unspecified atom stereocenters. The maximum absolute atomic E-state index is 10.7. The van der Waals surface area contributed by atoms with E-state index in [-0.39, 0.29) is 11.3 Å². The molecule has 0 spiro atoms. The Morgan fingerprint density at radius 2 is 1.67 bits per heavy atom. The SMILES string of the molecule is CC(C)(C)c1ccc(N2CCC(C=O)CC2)cc1. The largest absolute Gasteiger partial charge is 0.371 e. The molecular formula is C16H23NO. The summed E-state index contributed by atoms with van der Waals surface area (Å²) in [7, 11) is 0. The Balaban J connectivity index is 2.05. The first-order chi connectivity index (χ1) is 8.50. The molecule has 0 aromatic heterocycles. The van der Waals surface area contributed by atoms with E-state index in [2.05, 4.69) is 49.9 Å². The molecule has 18 heavy (non-hydrogen) atoms. The third-order valence-electron chi connectivity index (χ3n) is 3.83. The van der Waals surface area contributed by atoms with Crippen molar-refractivity contribution < 1.29 is 4.79 Å². The van der Waals surface area contributed by atoms with Crippen LogP contribution in [0, 0.1) is 5.92 Å². The number of hydrogen-bond acceptors (Lipinski definition) is 2. The Morgan fingerprint density at radius 1 is 1.11 bits per heavy atom. The van der Waals surface area contributed by atoms with Crippen LogP contribution in [0.25, 0.3) is 0 Å². The minimum absolute atomic E-state index is 0.211. The van der Waals surface area contributed by atoms with Crippen LogP contribution in [0.15, 0.2) is 24.3 Å². The molecular weight excluding hydrogens is 222 g/mol. The van der Waals surface area contributed by atoms with E-state index in [0.29, 0.717) is 0 Å². The predicted molar refractivity (Wildman–Crippen MR) is 76.1 cm³/mol. The summed E-state index contributed by atoms with van der Waals surface area (Å²) in [5.74, 6) is 0.273. The molecule has 0 N–H and O–H groups in total. The topological polar surface area (TPSA) is 20.3 Å². The van der Waals surface area contributed by atoms with Crippen molar-refractivity contribution in [1.29, 1.82) is 0 Å². The fraction of sp³-hybridized carbons (Fsp3) is 0.562. The van der Waals surface area contributed by atoms with Gasteiger partial charge in [-0.25, -0.2) is 0 Å². The van der Waals surface area contributed by atoms with E-state index in [0.717, 1.165) is 32.2 Å².